The highest BCUT2D eigenvalue weighted by Crippen LogP contribution is 2.31. The van der Waals surface area contributed by atoms with Crippen molar-refractivity contribution in [3.63, 3.8) is 0 Å². The summed E-state index contributed by atoms with van der Waals surface area (Å²) in [7, 11) is 0. The van der Waals surface area contributed by atoms with Crippen LogP contribution < -0.4 is 10.6 Å². The van der Waals surface area contributed by atoms with Gasteiger partial charge >= 0.3 is 5.97 Å². The molecule has 1 aliphatic heterocycles. The van der Waals surface area contributed by atoms with Crippen molar-refractivity contribution < 1.29 is 9.53 Å². The molecule has 0 saturated carbocycles. The Hall–Kier alpha value is -2.57. The average molecular weight is 287 g/mol. The summed E-state index contributed by atoms with van der Waals surface area (Å²) in [6.07, 6.45) is 1.72. The van der Waals surface area contributed by atoms with Crippen LogP contribution in [0.25, 0.3) is 0 Å². The van der Waals surface area contributed by atoms with E-state index in [1.807, 2.05) is 9.47 Å². The van der Waals surface area contributed by atoms with E-state index in [9.17, 15) is 4.79 Å². The van der Waals surface area contributed by atoms with Gasteiger partial charge in [-0.1, -0.05) is 6.07 Å². The fourth-order valence-corrected chi connectivity index (χ4v) is 2.55. The Morgan fingerprint density at radius 2 is 2.29 bits per heavy atom. The molecule has 0 amide bonds. The Bertz CT molecular complexity index is 667. The number of rotatable bonds is 3. The molecule has 1 aliphatic rings. The molecule has 21 heavy (non-hydrogen) atoms. The first-order valence-corrected chi connectivity index (χ1v) is 6.88. The van der Waals surface area contributed by atoms with E-state index < -0.39 is 0 Å². The fourth-order valence-electron chi connectivity index (χ4n) is 2.55. The lowest BCUT2D eigenvalue weighted by Gasteiger charge is -2.31. The Kier molecular flexibility index (Phi) is 3.47. The summed E-state index contributed by atoms with van der Waals surface area (Å²) in [6.45, 7) is 4.19. The number of aromatic nitrogens is 3. The minimum atomic E-state index is -0.355. The summed E-state index contributed by atoms with van der Waals surface area (Å²) >= 11 is 0. The first kappa shape index (κ1) is 13.4. The predicted molar refractivity (Wildman–Crippen MR) is 77.9 cm³/mol. The molecule has 0 spiro atoms. The first-order valence-electron chi connectivity index (χ1n) is 6.88. The first-order chi connectivity index (χ1) is 10.2. The monoisotopic (exact) mass is 287 g/mol. The molecule has 7 nitrogen and oxygen atoms in total. The summed E-state index contributed by atoms with van der Waals surface area (Å²) in [4.78, 5) is 14.2. The van der Waals surface area contributed by atoms with Crippen molar-refractivity contribution in [2.45, 2.75) is 20.0 Å². The van der Waals surface area contributed by atoms with Crippen LogP contribution >= 0.6 is 0 Å². The normalized spacial score (nSPS) is 13.9. The molecule has 2 aromatic rings. The Balaban J connectivity index is 1.97. The highest BCUT2D eigenvalue weighted by molar-refractivity contribution is 5.99. The number of para-hydroxylation sites is 1. The molecule has 2 heterocycles. The number of hydrogen-bond acceptors (Lipinski definition) is 6. The van der Waals surface area contributed by atoms with Crippen LogP contribution in [0.5, 0.6) is 0 Å². The molecular weight excluding hydrogens is 270 g/mol. The van der Waals surface area contributed by atoms with Crippen LogP contribution in [-0.2, 0) is 17.8 Å². The summed E-state index contributed by atoms with van der Waals surface area (Å²) in [5.74, 6) is 0.506. The molecule has 0 radical (unpaired) electrons. The molecular formula is C14H17N5O2. The maximum Gasteiger partial charge on any atom is 0.340 e. The third-order valence-electron chi connectivity index (χ3n) is 3.52. The maximum atomic E-state index is 12.1. The number of carbonyl (C=O) groups is 1. The number of anilines is 2. The van der Waals surface area contributed by atoms with Crippen LogP contribution in [0, 0.1) is 0 Å². The molecule has 0 saturated heterocycles. The zero-order valence-electron chi connectivity index (χ0n) is 11.8. The van der Waals surface area contributed by atoms with Crippen LogP contribution in [-0.4, -0.2) is 33.9 Å². The van der Waals surface area contributed by atoms with Crippen LogP contribution in [0.3, 0.4) is 0 Å². The molecule has 7 heteroatoms. The smallest absolute Gasteiger partial charge is 0.340 e. The second kappa shape index (κ2) is 5.43. The number of carbonyl (C=O) groups excluding carboxylic acids is 1. The minimum Gasteiger partial charge on any atom is -0.462 e. The molecule has 2 N–H and O–H groups in total. The van der Waals surface area contributed by atoms with E-state index in [1.165, 1.54) is 0 Å². The zero-order valence-corrected chi connectivity index (χ0v) is 11.8. The van der Waals surface area contributed by atoms with E-state index in [0.29, 0.717) is 30.1 Å². The van der Waals surface area contributed by atoms with Gasteiger partial charge < -0.3 is 19.9 Å². The van der Waals surface area contributed by atoms with Crippen molar-refractivity contribution in [3.05, 3.63) is 35.9 Å². The lowest BCUT2D eigenvalue weighted by Crippen LogP contribution is -2.35. The highest BCUT2D eigenvalue weighted by atomic mass is 16.5. The predicted octanol–water partition coefficient (Wildman–Crippen LogP) is 1.06. The van der Waals surface area contributed by atoms with Gasteiger partial charge in [0.05, 0.1) is 30.1 Å². The third kappa shape index (κ3) is 2.42. The van der Waals surface area contributed by atoms with Gasteiger partial charge in [0, 0.05) is 13.1 Å². The molecule has 3 rings (SSSR count). The highest BCUT2D eigenvalue weighted by Gasteiger charge is 2.24. The maximum absolute atomic E-state index is 12.1. The molecule has 0 bridgehead atoms. The van der Waals surface area contributed by atoms with Crippen molar-refractivity contribution in [3.8, 4) is 0 Å². The number of nitrogen functional groups attached to an aromatic ring is 1. The van der Waals surface area contributed by atoms with E-state index >= 15 is 0 Å². The van der Waals surface area contributed by atoms with Gasteiger partial charge in [-0.25, -0.2) is 4.79 Å². The van der Waals surface area contributed by atoms with Gasteiger partial charge in [-0.05, 0) is 19.1 Å². The van der Waals surface area contributed by atoms with Crippen molar-refractivity contribution in [2.75, 3.05) is 23.8 Å². The third-order valence-corrected chi connectivity index (χ3v) is 3.52. The van der Waals surface area contributed by atoms with Crippen molar-refractivity contribution >= 4 is 17.3 Å². The summed E-state index contributed by atoms with van der Waals surface area (Å²) in [5, 5.41) is 7.99. The van der Waals surface area contributed by atoms with Gasteiger partial charge in [0.2, 0.25) is 0 Å². The van der Waals surface area contributed by atoms with E-state index in [-0.39, 0.29) is 5.97 Å². The van der Waals surface area contributed by atoms with Crippen molar-refractivity contribution in [2.24, 2.45) is 0 Å². The van der Waals surface area contributed by atoms with Gasteiger partial charge in [0.1, 0.15) is 6.33 Å². The Labute approximate surface area is 122 Å². The SMILES string of the molecule is CCOC(=O)c1cccc(N)c1N1CCn2cnnc2C1. The Morgan fingerprint density at radius 1 is 1.43 bits per heavy atom. The van der Waals surface area contributed by atoms with Crippen LogP contribution in [0.15, 0.2) is 24.5 Å². The molecule has 1 aromatic carbocycles. The number of hydrogen-bond donors (Lipinski definition) is 1. The van der Waals surface area contributed by atoms with Gasteiger partial charge in [-0.15, -0.1) is 10.2 Å². The van der Waals surface area contributed by atoms with Gasteiger partial charge in [0.15, 0.2) is 5.82 Å². The van der Waals surface area contributed by atoms with E-state index in [4.69, 9.17) is 10.5 Å². The summed E-state index contributed by atoms with van der Waals surface area (Å²) in [6, 6.07) is 5.29. The standard InChI is InChI=1S/C14H17N5O2/c1-2-21-14(20)10-4-3-5-11(15)13(10)18-6-7-19-9-16-17-12(19)8-18/h3-5,9H,2,6-8,15H2,1H3. The number of esters is 1. The quantitative estimate of drug-likeness (QED) is 0.671. The second-order valence-corrected chi connectivity index (χ2v) is 4.83. The minimum absolute atomic E-state index is 0.335. The van der Waals surface area contributed by atoms with Crippen LogP contribution in [0.4, 0.5) is 11.4 Å². The number of fused-ring (bicyclic) bond motifs is 1. The van der Waals surface area contributed by atoms with E-state index in [0.717, 1.165) is 18.9 Å². The molecule has 110 valence electrons. The van der Waals surface area contributed by atoms with Crippen molar-refractivity contribution in [1.29, 1.82) is 0 Å². The molecule has 0 aliphatic carbocycles. The zero-order chi connectivity index (χ0) is 14.8. The van der Waals surface area contributed by atoms with Crippen LogP contribution in [0.2, 0.25) is 0 Å². The van der Waals surface area contributed by atoms with Gasteiger partial charge in [-0.2, -0.15) is 0 Å². The second-order valence-electron chi connectivity index (χ2n) is 4.83. The van der Waals surface area contributed by atoms with Gasteiger partial charge in [-0.3, -0.25) is 0 Å². The average Bonchev–Trinajstić information content (AvgIpc) is 2.94. The fraction of sp³-hybridized carbons (Fsp3) is 0.357. The van der Waals surface area contributed by atoms with E-state index in [1.54, 1.807) is 31.5 Å². The largest absolute Gasteiger partial charge is 0.462 e. The Morgan fingerprint density at radius 3 is 3.10 bits per heavy atom. The number of ether oxygens (including phenoxy) is 1. The van der Waals surface area contributed by atoms with Crippen molar-refractivity contribution in [1.82, 2.24) is 14.8 Å². The number of benzene rings is 1. The topological polar surface area (TPSA) is 86.3 Å². The lowest BCUT2D eigenvalue weighted by atomic mass is 10.1. The number of nitrogens with two attached hydrogens (primary N) is 1. The van der Waals surface area contributed by atoms with Crippen LogP contribution in [0.1, 0.15) is 23.1 Å². The summed E-state index contributed by atoms with van der Waals surface area (Å²) in [5.41, 5.74) is 7.86. The molecule has 1 aromatic heterocycles. The number of nitrogens with zero attached hydrogens (tertiary/aromatic N) is 4. The lowest BCUT2D eigenvalue weighted by molar-refractivity contribution is 0.0527. The molecule has 0 unspecified atom stereocenters. The van der Waals surface area contributed by atoms with Gasteiger partial charge in [0.25, 0.3) is 0 Å². The van der Waals surface area contributed by atoms with E-state index in [2.05, 4.69) is 10.2 Å². The summed E-state index contributed by atoms with van der Waals surface area (Å²) < 4.78 is 7.11. The molecule has 0 fully saturated rings. The molecule has 0 atom stereocenters.